The highest BCUT2D eigenvalue weighted by atomic mass is 16.2. The van der Waals surface area contributed by atoms with Gasteiger partial charge in [-0.15, -0.1) is 10.2 Å². The summed E-state index contributed by atoms with van der Waals surface area (Å²) in [7, 11) is 3.44. The number of benzene rings is 1. The Morgan fingerprint density at radius 1 is 1.18 bits per heavy atom. The molecule has 7 heteroatoms. The van der Waals surface area contributed by atoms with Crippen LogP contribution in [-0.2, 0) is 20.6 Å². The number of hydrogen-bond acceptors (Lipinski definition) is 4. The lowest BCUT2D eigenvalue weighted by Gasteiger charge is -2.09. The second-order valence-electron chi connectivity index (χ2n) is 5.05. The molecule has 0 bridgehead atoms. The normalized spacial score (nSPS) is 10.8. The van der Waals surface area contributed by atoms with Gasteiger partial charge in [0.2, 0.25) is 0 Å². The Morgan fingerprint density at radius 2 is 1.91 bits per heavy atom. The monoisotopic (exact) mass is 297 g/mol. The average molecular weight is 297 g/mol. The first kappa shape index (κ1) is 14.0. The van der Waals surface area contributed by atoms with E-state index in [1.165, 1.54) is 4.57 Å². The number of pyridine rings is 1. The summed E-state index contributed by atoms with van der Waals surface area (Å²) in [5.41, 5.74) is 0.334. The Morgan fingerprint density at radius 3 is 2.59 bits per heavy atom. The molecule has 1 aromatic carbocycles. The molecule has 2 aromatic heterocycles. The van der Waals surface area contributed by atoms with Crippen molar-refractivity contribution in [2.45, 2.75) is 6.54 Å². The Kier molecular flexibility index (Phi) is 3.46. The van der Waals surface area contributed by atoms with E-state index in [0.717, 1.165) is 0 Å². The van der Waals surface area contributed by atoms with Crippen molar-refractivity contribution >= 4 is 16.7 Å². The highest BCUT2D eigenvalue weighted by Gasteiger charge is 2.14. The Bertz CT molecular complexity index is 910. The Labute approximate surface area is 126 Å². The lowest BCUT2D eigenvalue weighted by atomic mass is 10.1. The number of nitrogens with zero attached hydrogens (tertiary/aromatic N) is 4. The van der Waals surface area contributed by atoms with Crippen LogP contribution in [0, 0.1) is 0 Å². The number of nitrogens with one attached hydrogen (secondary N) is 1. The van der Waals surface area contributed by atoms with Crippen molar-refractivity contribution in [1.82, 2.24) is 24.6 Å². The minimum Gasteiger partial charge on any atom is -0.345 e. The van der Waals surface area contributed by atoms with Gasteiger partial charge in [-0.25, -0.2) is 0 Å². The zero-order valence-corrected chi connectivity index (χ0v) is 12.3. The highest BCUT2D eigenvalue weighted by molar-refractivity contribution is 6.06. The van der Waals surface area contributed by atoms with E-state index < -0.39 is 0 Å². The van der Waals surface area contributed by atoms with E-state index in [9.17, 15) is 9.59 Å². The largest absolute Gasteiger partial charge is 0.345 e. The maximum atomic E-state index is 12.4. The van der Waals surface area contributed by atoms with E-state index in [-0.39, 0.29) is 18.0 Å². The van der Waals surface area contributed by atoms with Crippen molar-refractivity contribution < 1.29 is 4.79 Å². The predicted octanol–water partition coefficient (Wildman–Crippen LogP) is 0.597. The number of rotatable bonds is 3. The smallest absolute Gasteiger partial charge is 0.258 e. The first-order chi connectivity index (χ1) is 10.6. The standard InChI is InChI=1S/C15H15N5O2/c1-19-8-12(10-5-3-4-6-11(10)15(19)22)14(21)16-7-13-18-17-9-20(13)2/h3-6,8-9H,7H2,1-2H3,(H,16,21). The van der Waals surface area contributed by atoms with E-state index in [4.69, 9.17) is 0 Å². The summed E-state index contributed by atoms with van der Waals surface area (Å²) in [4.78, 5) is 24.5. The summed E-state index contributed by atoms with van der Waals surface area (Å²) in [6.45, 7) is 0.270. The summed E-state index contributed by atoms with van der Waals surface area (Å²) >= 11 is 0. The van der Waals surface area contributed by atoms with Gasteiger partial charge >= 0.3 is 0 Å². The molecule has 7 nitrogen and oxygen atoms in total. The van der Waals surface area contributed by atoms with Crippen LogP contribution < -0.4 is 10.9 Å². The molecular weight excluding hydrogens is 282 g/mol. The Hall–Kier alpha value is -2.96. The zero-order valence-electron chi connectivity index (χ0n) is 12.3. The molecule has 112 valence electrons. The fraction of sp³-hybridized carbons (Fsp3) is 0.200. The summed E-state index contributed by atoms with van der Waals surface area (Å²) in [5.74, 6) is 0.400. The maximum Gasteiger partial charge on any atom is 0.258 e. The summed E-state index contributed by atoms with van der Waals surface area (Å²) in [6.07, 6.45) is 3.12. The van der Waals surface area contributed by atoms with Crippen molar-refractivity contribution in [3.05, 3.63) is 58.5 Å². The number of carbonyl (C=O) groups excluding carboxylic acids is 1. The van der Waals surface area contributed by atoms with Gasteiger partial charge in [0.15, 0.2) is 5.82 Å². The molecule has 0 spiro atoms. The van der Waals surface area contributed by atoms with Gasteiger partial charge in [0.05, 0.1) is 12.1 Å². The molecule has 0 unspecified atom stereocenters. The summed E-state index contributed by atoms with van der Waals surface area (Å²) in [6, 6.07) is 7.08. The number of amides is 1. The van der Waals surface area contributed by atoms with Gasteiger partial charge in [-0.1, -0.05) is 18.2 Å². The van der Waals surface area contributed by atoms with Crippen molar-refractivity contribution in [2.75, 3.05) is 0 Å². The van der Waals surface area contributed by atoms with Crippen LogP contribution in [0.3, 0.4) is 0 Å². The van der Waals surface area contributed by atoms with Gasteiger partial charge in [-0.2, -0.15) is 0 Å². The fourth-order valence-electron chi connectivity index (χ4n) is 2.32. The van der Waals surface area contributed by atoms with Gasteiger partial charge in [0.25, 0.3) is 11.5 Å². The van der Waals surface area contributed by atoms with Gasteiger partial charge in [0, 0.05) is 31.1 Å². The molecule has 0 aliphatic rings. The molecule has 0 aliphatic heterocycles. The van der Waals surface area contributed by atoms with Crippen LogP contribution in [0.25, 0.3) is 10.8 Å². The SMILES string of the molecule is Cn1cnnc1CNC(=O)c1cn(C)c(=O)c2ccccc12. The Balaban J connectivity index is 1.96. The molecule has 2 heterocycles. The third-order valence-corrected chi connectivity index (χ3v) is 3.55. The fourth-order valence-corrected chi connectivity index (χ4v) is 2.32. The second-order valence-corrected chi connectivity index (χ2v) is 5.05. The van der Waals surface area contributed by atoms with Crippen LogP contribution in [0.2, 0.25) is 0 Å². The minimum atomic E-state index is -0.255. The molecule has 22 heavy (non-hydrogen) atoms. The number of carbonyl (C=O) groups is 1. The van der Waals surface area contributed by atoms with Crippen LogP contribution in [-0.4, -0.2) is 25.2 Å². The lowest BCUT2D eigenvalue weighted by Crippen LogP contribution is -2.27. The molecule has 3 aromatic rings. The van der Waals surface area contributed by atoms with Crippen molar-refractivity contribution in [3.8, 4) is 0 Å². The van der Waals surface area contributed by atoms with E-state index in [1.807, 2.05) is 7.05 Å². The van der Waals surface area contributed by atoms with Crippen LogP contribution in [0.1, 0.15) is 16.2 Å². The molecular formula is C15H15N5O2. The van der Waals surface area contributed by atoms with Gasteiger partial charge < -0.3 is 14.5 Å². The number of hydrogen-bond donors (Lipinski definition) is 1. The minimum absolute atomic E-state index is 0.125. The quantitative estimate of drug-likeness (QED) is 0.767. The lowest BCUT2D eigenvalue weighted by molar-refractivity contribution is 0.0950. The van der Waals surface area contributed by atoms with Crippen LogP contribution >= 0.6 is 0 Å². The molecule has 0 saturated heterocycles. The first-order valence-electron chi connectivity index (χ1n) is 6.77. The van der Waals surface area contributed by atoms with Crippen LogP contribution in [0.4, 0.5) is 0 Å². The topological polar surface area (TPSA) is 81.8 Å². The third kappa shape index (κ3) is 2.37. The molecule has 0 radical (unpaired) electrons. The first-order valence-corrected chi connectivity index (χ1v) is 6.77. The van der Waals surface area contributed by atoms with Gasteiger partial charge in [-0.3, -0.25) is 9.59 Å². The average Bonchev–Trinajstić information content (AvgIpc) is 2.94. The molecule has 0 saturated carbocycles. The van der Waals surface area contributed by atoms with Crippen LogP contribution in [0.15, 0.2) is 41.6 Å². The van der Waals surface area contributed by atoms with Crippen molar-refractivity contribution in [2.24, 2.45) is 14.1 Å². The summed E-state index contributed by atoms with van der Waals surface area (Å²) < 4.78 is 3.15. The summed E-state index contributed by atoms with van der Waals surface area (Å²) in [5, 5.41) is 11.7. The molecule has 0 fully saturated rings. The van der Waals surface area contributed by atoms with Gasteiger partial charge in [-0.05, 0) is 6.07 Å². The molecule has 3 rings (SSSR count). The number of fused-ring (bicyclic) bond motifs is 1. The van der Waals surface area contributed by atoms with E-state index >= 15 is 0 Å². The predicted molar refractivity (Wildman–Crippen MR) is 81.4 cm³/mol. The van der Waals surface area contributed by atoms with Crippen molar-refractivity contribution in [1.29, 1.82) is 0 Å². The van der Waals surface area contributed by atoms with Crippen LogP contribution in [0.5, 0.6) is 0 Å². The number of aryl methyl sites for hydroxylation is 2. The maximum absolute atomic E-state index is 12.4. The highest BCUT2D eigenvalue weighted by Crippen LogP contribution is 2.15. The molecule has 1 amide bonds. The third-order valence-electron chi connectivity index (χ3n) is 3.55. The molecule has 0 aliphatic carbocycles. The van der Waals surface area contributed by atoms with E-state index in [1.54, 1.807) is 48.4 Å². The van der Waals surface area contributed by atoms with E-state index in [0.29, 0.717) is 22.2 Å². The van der Waals surface area contributed by atoms with Gasteiger partial charge in [0.1, 0.15) is 6.33 Å². The zero-order chi connectivity index (χ0) is 15.7. The number of aromatic nitrogens is 4. The second kappa shape index (κ2) is 5.44. The molecule has 1 N–H and O–H groups in total. The van der Waals surface area contributed by atoms with Crippen molar-refractivity contribution in [3.63, 3.8) is 0 Å². The van der Waals surface area contributed by atoms with E-state index in [2.05, 4.69) is 15.5 Å². The molecule has 0 atom stereocenters.